The van der Waals surface area contributed by atoms with Gasteiger partial charge in [-0.15, -0.1) is 0 Å². The topological polar surface area (TPSA) is 69.2 Å². The Bertz CT molecular complexity index is 622. The van der Waals surface area contributed by atoms with E-state index >= 15 is 0 Å². The second-order valence-corrected chi connectivity index (χ2v) is 5.54. The van der Waals surface area contributed by atoms with E-state index in [2.05, 4.69) is 14.9 Å². The lowest BCUT2D eigenvalue weighted by Gasteiger charge is -2.19. The summed E-state index contributed by atoms with van der Waals surface area (Å²) in [4.78, 5) is 20.9. The van der Waals surface area contributed by atoms with E-state index in [9.17, 15) is 9.90 Å². The van der Waals surface area contributed by atoms with Gasteiger partial charge in [-0.2, -0.15) is 0 Å². The summed E-state index contributed by atoms with van der Waals surface area (Å²) in [6.45, 7) is 4.03. The van der Waals surface area contributed by atoms with E-state index in [1.54, 1.807) is 6.20 Å². The van der Waals surface area contributed by atoms with Crippen molar-refractivity contribution in [3.8, 4) is 0 Å². The fourth-order valence-electron chi connectivity index (χ4n) is 2.75. The van der Waals surface area contributed by atoms with Crippen molar-refractivity contribution in [2.75, 3.05) is 13.1 Å². The number of pyridine rings is 1. The largest absolute Gasteiger partial charge is 0.481 e. The predicted molar refractivity (Wildman–Crippen MR) is 71.7 cm³/mol. The lowest BCUT2D eigenvalue weighted by Crippen LogP contribution is -2.31. The van der Waals surface area contributed by atoms with Gasteiger partial charge in [0.15, 0.2) is 0 Å². The summed E-state index contributed by atoms with van der Waals surface area (Å²) in [7, 11) is 0. The van der Waals surface area contributed by atoms with Gasteiger partial charge in [0.05, 0.1) is 5.41 Å². The zero-order valence-corrected chi connectivity index (χ0v) is 10.9. The van der Waals surface area contributed by atoms with Crippen LogP contribution in [0.4, 0.5) is 0 Å². The van der Waals surface area contributed by atoms with Crippen LogP contribution in [0.15, 0.2) is 24.5 Å². The van der Waals surface area contributed by atoms with Crippen LogP contribution in [0.1, 0.15) is 18.9 Å². The van der Waals surface area contributed by atoms with Gasteiger partial charge in [0, 0.05) is 30.9 Å². The summed E-state index contributed by atoms with van der Waals surface area (Å²) >= 11 is 0. The van der Waals surface area contributed by atoms with Gasteiger partial charge in [0.1, 0.15) is 5.65 Å². The third kappa shape index (κ3) is 2.10. The Morgan fingerprint density at radius 3 is 3.21 bits per heavy atom. The molecule has 100 valence electrons. The number of nitrogens with zero attached hydrogens (tertiary/aromatic N) is 2. The molecular weight excluding hydrogens is 242 g/mol. The van der Waals surface area contributed by atoms with Crippen molar-refractivity contribution in [3.05, 3.63) is 30.1 Å². The van der Waals surface area contributed by atoms with Crippen LogP contribution in [-0.2, 0) is 11.3 Å². The summed E-state index contributed by atoms with van der Waals surface area (Å²) in [5.74, 6) is -0.699. The predicted octanol–water partition coefficient (Wildman–Crippen LogP) is 1.86. The zero-order chi connectivity index (χ0) is 13.5. The molecule has 2 N–H and O–H groups in total. The minimum Gasteiger partial charge on any atom is -0.481 e. The van der Waals surface area contributed by atoms with Crippen LogP contribution in [0, 0.1) is 5.41 Å². The van der Waals surface area contributed by atoms with E-state index in [4.69, 9.17) is 0 Å². The summed E-state index contributed by atoms with van der Waals surface area (Å²) in [6.07, 6.45) is 4.44. The van der Waals surface area contributed by atoms with E-state index in [-0.39, 0.29) is 0 Å². The first-order chi connectivity index (χ1) is 9.08. The standard InChI is InChI=1S/C14H17N3O2/c1-14(13(18)19)4-6-17(9-14)8-10-7-16-12-11(10)3-2-5-15-12/h2-3,5,7H,4,6,8-9H2,1H3,(H,15,16)(H,18,19). The maximum atomic E-state index is 11.2. The number of H-pyrrole nitrogens is 1. The number of hydrogen-bond donors (Lipinski definition) is 2. The zero-order valence-electron chi connectivity index (χ0n) is 10.9. The van der Waals surface area contributed by atoms with Gasteiger partial charge in [-0.05, 0) is 37.6 Å². The molecular formula is C14H17N3O2. The fraction of sp³-hybridized carbons (Fsp3) is 0.429. The molecule has 1 atom stereocenters. The molecule has 1 aliphatic heterocycles. The molecule has 1 fully saturated rings. The first-order valence-corrected chi connectivity index (χ1v) is 6.45. The van der Waals surface area contributed by atoms with Crippen LogP contribution in [0.3, 0.4) is 0 Å². The lowest BCUT2D eigenvalue weighted by atomic mass is 9.90. The average Bonchev–Trinajstić information content (AvgIpc) is 2.96. The van der Waals surface area contributed by atoms with Gasteiger partial charge >= 0.3 is 5.97 Å². The van der Waals surface area contributed by atoms with Gasteiger partial charge in [0.25, 0.3) is 0 Å². The van der Waals surface area contributed by atoms with Crippen LogP contribution in [0.25, 0.3) is 11.0 Å². The summed E-state index contributed by atoms with van der Waals surface area (Å²) in [5, 5.41) is 10.4. The van der Waals surface area contributed by atoms with Gasteiger partial charge in [0.2, 0.25) is 0 Å². The van der Waals surface area contributed by atoms with Crippen LogP contribution in [0.2, 0.25) is 0 Å². The first-order valence-electron chi connectivity index (χ1n) is 6.45. The number of carboxylic acids is 1. The number of fused-ring (bicyclic) bond motifs is 1. The van der Waals surface area contributed by atoms with Crippen molar-refractivity contribution >= 4 is 17.0 Å². The molecule has 5 heteroatoms. The van der Waals surface area contributed by atoms with Gasteiger partial charge in [-0.3, -0.25) is 9.69 Å². The number of carbonyl (C=O) groups is 1. The highest BCUT2D eigenvalue weighted by atomic mass is 16.4. The number of likely N-dealkylation sites (tertiary alicyclic amines) is 1. The second-order valence-electron chi connectivity index (χ2n) is 5.54. The molecule has 0 amide bonds. The Morgan fingerprint density at radius 2 is 2.47 bits per heavy atom. The SMILES string of the molecule is CC1(C(=O)O)CCN(Cc2c[nH]c3ncccc23)C1. The van der Waals surface area contributed by atoms with Crippen LogP contribution >= 0.6 is 0 Å². The average molecular weight is 259 g/mol. The third-order valence-electron chi connectivity index (χ3n) is 4.00. The number of aromatic amines is 1. The minimum absolute atomic E-state index is 0.606. The molecule has 2 aromatic rings. The number of carboxylic acid groups (broad SMARTS) is 1. The number of rotatable bonds is 3. The number of hydrogen-bond acceptors (Lipinski definition) is 3. The Balaban J connectivity index is 1.78. The Labute approximate surface area is 111 Å². The molecule has 0 aromatic carbocycles. The minimum atomic E-state index is -0.699. The van der Waals surface area contributed by atoms with Crippen molar-refractivity contribution in [1.29, 1.82) is 0 Å². The fourth-order valence-corrected chi connectivity index (χ4v) is 2.75. The van der Waals surface area contributed by atoms with Crippen LogP contribution < -0.4 is 0 Å². The van der Waals surface area contributed by atoms with Crippen molar-refractivity contribution in [2.45, 2.75) is 19.9 Å². The van der Waals surface area contributed by atoms with Gasteiger partial charge in [-0.1, -0.05) is 0 Å². The molecule has 19 heavy (non-hydrogen) atoms. The quantitative estimate of drug-likeness (QED) is 0.882. The highest BCUT2D eigenvalue weighted by Crippen LogP contribution is 2.31. The molecule has 0 aliphatic carbocycles. The van der Waals surface area contributed by atoms with Gasteiger partial charge in [-0.25, -0.2) is 4.98 Å². The van der Waals surface area contributed by atoms with E-state index in [0.29, 0.717) is 13.0 Å². The Hall–Kier alpha value is -1.88. The Kier molecular flexibility index (Phi) is 2.78. The van der Waals surface area contributed by atoms with Crippen molar-refractivity contribution in [2.24, 2.45) is 5.41 Å². The number of nitrogens with one attached hydrogen (secondary N) is 1. The molecule has 1 aliphatic rings. The highest BCUT2D eigenvalue weighted by molar-refractivity contribution is 5.79. The van der Waals surface area contributed by atoms with Crippen LogP contribution in [0.5, 0.6) is 0 Å². The van der Waals surface area contributed by atoms with Crippen molar-refractivity contribution < 1.29 is 9.90 Å². The maximum Gasteiger partial charge on any atom is 0.310 e. The smallest absolute Gasteiger partial charge is 0.310 e. The molecule has 3 heterocycles. The summed E-state index contributed by atoms with van der Waals surface area (Å²) in [6, 6.07) is 3.96. The normalized spacial score (nSPS) is 24.1. The third-order valence-corrected chi connectivity index (χ3v) is 4.00. The molecule has 5 nitrogen and oxygen atoms in total. The van der Waals surface area contributed by atoms with E-state index in [1.807, 2.05) is 25.3 Å². The van der Waals surface area contributed by atoms with E-state index in [1.165, 1.54) is 5.56 Å². The molecule has 3 rings (SSSR count). The molecule has 2 aromatic heterocycles. The molecule has 0 spiro atoms. The highest BCUT2D eigenvalue weighted by Gasteiger charge is 2.40. The number of aliphatic carboxylic acids is 1. The molecule has 0 radical (unpaired) electrons. The first kappa shape index (κ1) is 12.2. The molecule has 1 saturated heterocycles. The monoisotopic (exact) mass is 259 g/mol. The summed E-state index contributed by atoms with van der Waals surface area (Å²) in [5.41, 5.74) is 1.46. The Morgan fingerprint density at radius 1 is 1.63 bits per heavy atom. The molecule has 0 saturated carbocycles. The molecule has 1 unspecified atom stereocenters. The van der Waals surface area contributed by atoms with Crippen molar-refractivity contribution in [3.63, 3.8) is 0 Å². The second kappa shape index (κ2) is 4.35. The number of aromatic nitrogens is 2. The van der Waals surface area contributed by atoms with Crippen LogP contribution in [-0.4, -0.2) is 39.0 Å². The maximum absolute atomic E-state index is 11.2. The van der Waals surface area contributed by atoms with Crippen molar-refractivity contribution in [1.82, 2.24) is 14.9 Å². The lowest BCUT2D eigenvalue weighted by molar-refractivity contribution is -0.147. The van der Waals surface area contributed by atoms with E-state index < -0.39 is 11.4 Å². The summed E-state index contributed by atoms with van der Waals surface area (Å²) < 4.78 is 0. The van der Waals surface area contributed by atoms with E-state index in [0.717, 1.165) is 24.1 Å². The molecule has 0 bridgehead atoms. The van der Waals surface area contributed by atoms with Gasteiger partial charge < -0.3 is 10.1 Å².